The van der Waals surface area contributed by atoms with Crippen molar-refractivity contribution in [1.29, 1.82) is 0 Å². The van der Waals surface area contributed by atoms with Crippen LogP contribution in [0, 0.1) is 11.6 Å². The first-order valence-corrected chi connectivity index (χ1v) is 3.81. The van der Waals surface area contributed by atoms with E-state index in [1.54, 1.807) is 0 Å². The SMILES string of the molecule is O=C1Cc2ccc(F)c(F)c2C(=O)O1. The first-order valence-electron chi connectivity index (χ1n) is 3.81. The lowest BCUT2D eigenvalue weighted by Crippen LogP contribution is -2.24. The third-order valence-electron chi connectivity index (χ3n) is 1.93. The highest BCUT2D eigenvalue weighted by Crippen LogP contribution is 2.22. The molecule has 5 heteroatoms. The predicted molar refractivity (Wildman–Crippen MR) is 40.5 cm³/mol. The summed E-state index contributed by atoms with van der Waals surface area (Å²) in [5, 5.41) is 0. The van der Waals surface area contributed by atoms with E-state index in [1.807, 2.05) is 0 Å². The number of benzene rings is 1. The van der Waals surface area contributed by atoms with Gasteiger partial charge in [0.15, 0.2) is 11.6 Å². The van der Waals surface area contributed by atoms with E-state index in [2.05, 4.69) is 4.74 Å². The number of esters is 2. The van der Waals surface area contributed by atoms with Crippen LogP contribution in [-0.2, 0) is 16.0 Å². The number of ether oxygens (including phenoxy) is 1. The van der Waals surface area contributed by atoms with Crippen molar-refractivity contribution in [2.24, 2.45) is 0 Å². The molecule has 0 aliphatic carbocycles. The van der Waals surface area contributed by atoms with E-state index < -0.39 is 29.1 Å². The molecule has 1 aliphatic rings. The molecule has 72 valence electrons. The second-order valence-electron chi connectivity index (χ2n) is 2.83. The standard InChI is InChI=1S/C9H4F2O3/c10-5-2-1-4-3-6(12)14-9(13)7(4)8(5)11/h1-2H,3H2. The van der Waals surface area contributed by atoms with Crippen LogP contribution in [0.1, 0.15) is 15.9 Å². The van der Waals surface area contributed by atoms with Gasteiger partial charge >= 0.3 is 11.9 Å². The number of hydrogen-bond donors (Lipinski definition) is 0. The number of cyclic esters (lactones) is 2. The second-order valence-corrected chi connectivity index (χ2v) is 2.83. The van der Waals surface area contributed by atoms with Gasteiger partial charge in [0.2, 0.25) is 0 Å². The molecule has 0 aromatic heterocycles. The van der Waals surface area contributed by atoms with Crippen molar-refractivity contribution in [1.82, 2.24) is 0 Å². The van der Waals surface area contributed by atoms with Crippen molar-refractivity contribution in [2.75, 3.05) is 0 Å². The first-order chi connectivity index (χ1) is 6.59. The van der Waals surface area contributed by atoms with E-state index in [9.17, 15) is 18.4 Å². The Labute approximate surface area is 77.3 Å². The highest BCUT2D eigenvalue weighted by molar-refractivity contribution is 6.02. The number of rotatable bonds is 0. The summed E-state index contributed by atoms with van der Waals surface area (Å²) in [7, 11) is 0. The van der Waals surface area contributed by atoms with Crippen molar-refractivity contribution in [3.05, 3.63) is 34.9 Å². The first kappa shape index (κ1) is 8.80. The molecule has 1 aromatic rings. The van der Waals surface area contributed by atoms with E-state index in [0.29, 0.717) is 0 Å². The van der Waals surface area contributed by atoms with E-state index in [-0.39, 0.29) is 12.0 Å². The molecule has 0 bridgehead atoms. The van der Waals surface area contributed by atoms with Crippen LogP contribution in [0.5, 0.6) is 0 Å². The third kappa shape index (κ3) is 1.17. The van der Waals surface area contributed by atoms with Crippen molar-refractivity contribution < 1.29 is 23.1 Å². The highest BCUT2D eigenvalue weighted by atomic mass is 19.2. The van der Waals surface area contributed by atoms with Gasteiger partial charge < -0.3 is 4.74 Å². The fourth-order valence-electron chi connectivity index (χ4n) is 1.30. The number of halogens is 2. The van der Waals surface area contributed by atoms with Crippen LogP contribution < -0.4 is 0 Å². The van der Waals surface area contributed by atoms with E-state index in [0.717, 1.165) is 6.07 Å². The Balaban J connectivity index is 2.65. The average molecular weight is 198 g/mol. The third-order valence-corrected chi connectivity index (χ3v) is 1.93. The Morgan fingerprint density at radius 2 is 1.93 bits per heavy atom. The quantitative estimate of drug-likeness (QED) is 0.464. The molecule has 0 saturated heterocycles. The van der Waals surface area contributed by atoms with Crippen LogP contribution in [0.15, 0.2) is 12.1 Å². The summed E-state index contributed by atoms with van der Waals surface area (Å²) in [6.45, 7) is 0. The van der Waals surface area contributed by atoms with Crippen LogP contribution >= 0.6 is 0 Å². The van der Waals surface area contributed by atoms with Gasteiger partial charge in [0, 0.05) is 0 Å². The molecule has 14 heavy (non-hydrogen) atoms. The van der Waals surface area contributed by atoms with Gasteiger partial charge in [0.05, 0.1) is 6.42 Å². The molecule has 1 heterocycles. The van der Waals surface area contributed by atoms with Gasteiger partial charge in [-0.25, -0.2) is 13.6 Å². The summed E-state index contributed by atoms with van der Waals surface area (Å²) in [4.78, 5) is 21.8. The molecule has 1 aromatic carbocycles. The van der Waals surface area contributed by atoms with Crippen LogP contribution in [0.3, 0.4) is 0 Å². The second kappa shape index (κ2) is 2.87. The maximum atomic E-state index is 13.1. The minimum atomic E-state index is -1.26. The maximum absolute atomic E-state index is 13.1. The predicted octanol–water partition coefficient (Wildman–Crippen LogP) is 1.20. The Hall–Kier alpha value is -1.78. The monoisotopic (exact) mass is 198 g/mol. The molecule has 0 amide bonds. The van der Waals surface area contributed by atoms with Crippen LogP contribution in [0.4, 0.5) is 8.78 Å². The van der Waals surface area contributed by atoms with Gasteiger partial charge in [-0.05, 0) is 11.6 Å². The van der Waals surface area contributed by atoms with Gasteiger partial charge in [0.25, 0.3) is 0 Å². The zero-order chi connectivity index (χ0) is 10.3. The summed E-state index contributed by atoms with van der Waals surface area (Å²) in [6, 6.07) is 2.08. The Kier molecular flexibility index (Phi) is 1.80. The van der Waals surface area contributed by atoms with E-state index in [4.69, 9.17) is 0 Å². The Bertz CT molecular complexity index is 440. The lowest BCUT2D eigenvalue weighted by Gasteiger charge is -2.14. The minimum Gasteiger partial charge on any atom is -0.389 e. The van der Waals surface area contributed by atoms with E-state index in [1.165, 1.54) is 6.07 Å². The van der Waals surface area contributed by atoms with Crippen LogP contribution in [0.2, 0.25) is 0 Å². The van der Waals surface area contributed by atoms with Gasteiger partial charge in [-0.2, -0.15) is 0 Å². The molecule has 2 rings (SSSR count). The number of carbonyl (C=O) groups is 2. The zero-order valence-corrected chi connectivity index (χ0v) is 6.84. The molecule has 1 aliphatic heterocycles. The van der Waals surface area contributed by atoms with Gasteiger partial charge in [-0.15, -0.1) is 0 Å². The van der Waals surface area contributed by atoms with Crippen molar-refractivity contribution in [3.8, 4) is 0 Å². The zero-order valence-electron chi connectivity index (χ0n) is 6.84. The molecule has 0 fully saturated rings. The number of hydrogen-bond acceptors (Lipinski definition) is 3. The largest absolute Gasteiger partial charge is 0.389 e. The fraction of sp³-hybridized carbons (Fsp3) is 0.111. The molecule has 0 unspecified atom stereocenters. The normalized spacial score (nSPS) is 15.0. The molecule has 0 N–H and O–H groups in total. The van der Waals surface area contributed by atoms with Gasteiger partial charge in [-0.3, -0.25) is 4.79 Å². The summed E-state index contributed by atoms with van der Waals surface area (Å²) in [5.74, 6) is -4.28. The maximum Gasteiger partial charge on any atom is 0.349 e. The topological polar surface area (TPSA) is 43.4 Å². The average Bonchev–Trinajstić information content (AvgIpc) is 2.10. The van der Waals surface area contributed by atoms with Gasteiger partial charge in [0.1, 0.15) is 5.56 Å². The molecule has 0 radical (unpaired) electrons. The van der Waals surface area contributed by atoms with Crippen LogP contribution in [0.25, 0.3) is 0 Å². The highest BCUT2D eigenvalue weighted by Gasteiger charge is 2.29. The van der Waals surface area contributed by atoms with Gasteiger partial charge in [-0.1, -0.05) is 6.07 Å². The molecular weight excluding hydrogens is 194 g/mol. The minimum absolute atomic E-state index is 0.158. The summed E-state index contributed by atoms with van der Waals surface area (Å²) >= 11 is 0. The Morgan fingerprint density at radius 3 is 2.64 bits per heavy atom. The number of fused-ring (bicyclic) bond motifs is 1. The molecule has 0 saturated carbocycles. The molecular formula is C9H4F2O3. The summed E-state index contributed by atoms with van der Waals surface area (Å²) < 4.78 is 29.9. The fourth-order valence-corrected chi connectivity index (χ4v) is 1.30. The lowest BCUT2D eigenvalue weighted by molar-refractivity contribution is -0.137. The van der Waals surface area contributed by atoms with Crippen LogP contribution in [-0.4, -0.2) is 11.9 Å². The smallest absolute Gasteiger partial charge is 0.349 e. The van der Waals surface area contributed by atoms with Crippen molar-refractivity contribution in [2.45, 2.75) is 6.42 Å². The molecule has 3 nitrogen and oxygen atoms in total. The molecule has 0 atom stereocenters. The van der Waals surface area contributed by atoms with Crippen molar-refractivity contribution in [3.63, 3.8) is 0 Å². The van der Waals surface area contributed by atoms with E-state index >= 15 is 0 Å². The summed E-state index contributed by atoms with van der Waals surface area (Å²) in [6.07, 6.45) is -0.210. The summed E-state index contributed by atoms with van der Waals surface area (Å²) in [5.41, 5.74) is -0.324. The Morgan fingerprint density at radius 1 is 1.21 bits per heavy atom. The van der Waals surface area contributed by atoms with Crippen molar-refractivity contribution >= 4 is 11.9 Å². The lowest BCUT2D eigenvalue weighted by atomic mass is 10.0. The molecule has 0 spiro atoms. The number of carbonyl (C=O) groups excluding carboxylic acids is 2.